The summed E-state index contributed by atoms with van der Waals surface area (Å²) in [6.45, 7) is 3.85. The van der Waals surface area contributed by atoms with E-state index in [1.807, 2.05) is 18.2 Å². The zero-order valence-corrected chi connectivity index (χ0v) is 18.6. The van der Waals surface area contributed by atoms with Crippen molar-refractivity contribution in [1.82, 2.24) is 15.0 Å². The summed E-state index contributed by atoms with van der Waals surface area (Å²) in [5, 5.41) is 4.23. The van der Waals surface area contributed by atoms with E-state index >= 15 is 0 Å². The fourth-order valence-corrected chi connectivity index (χ4v) is 7.64. The molecule has 0 N–H and O–H groups in total. The van der Waals surface area contributed by atoms with Gasteiger partial charge in [0.15, 0.2) is 0 Å². The summed E-state index contributed by atoms with van der Waals surface area (Å²) in [5.74, 6) is 4.70. The monoisotopic (exact) mass is 419 g/mol. The summed E-state index contributed by atoms with van der Waals surface area (Å²) in [6.07, 6.45) is 10.6. The zero-order valence-electron chi connectivity index (χ0n) is 18.6. The lowest BCUT2D eigenvalue weighted by atomic mass is 9.49. The van der Waals surface area contributed by atoms with Crippen molar-refractivity contribution < 1.29 is 9.32 Å². The Hall–Kier alpha value is -2.17. The number of carbonyl (C=O) groups is 1. The van der Waals surface area contributed by atoms with Crippen LogP contribution in [0, 0.1) is 36.0 Å². The molecule has 4 aliphatic carbocycles. The molecule has 5 heteroatoms. The van der Waals surface area contributed by atoms with Gasteiger partial charge in [-0.3, -0.25) is 4.79 Å². The number of carbonyl (C=O) groups excluding carboxylic acids is 1. The Morgan fingerprint density at radius 1 is 1.13 bits per heavy atom. The van der Waals surface area contributed by atoms with E-state index < -0.39 is 0 Å². The Labute approximate surface area is 184 Å². The van der Waals surface area contributed by atoms with E-state index in [2.05, 4.69) is 28.0 Å². The van der Waals surface area contributed by atoms with Gasteiger partial charge >= 0.3 is 0 Å². The number of aryl methyl sites for hydroxylation is 1. The minimum atomic E-state index is -0.0286. The molecule has 164 valence electrons. The Balaban J connectivity index is 1.14. The highest BCUT2D eigenvalue weighted by Gasteiger charge is 2.55. The quantitative estimate of drug-likeness (QED) is 0.696. The molecule has 1 aliphatic heterocycles. The molecule has 0 radical (unpaired) electrons. The Morgan fingerprint density at radius 3 is 2.55 bits per heavy atom. The molecule has 4 saturated carbocycles. The molecule has 4 bridgehead atoms. The molecule has 1 atom stereocenters. The summed E-state index contributed by atoms with van der Waals surface area (Å²) in [4.78, 5) is 20.6. The average Bonchev–Trinajstić information content (AvgIpc) is 3.21. The molecule has 5 aliphatic rings. The standard InChI is InChI=1S/C26H33N3O2/c1-17-5-2-3-7-22(17)24-27-23(31-28-24)12-18-6-4-8-29(16-18)25(30)26-13-19-9-20(14-26)11-21(10-19)15-26/h2-3,5,7,18-21H,4,6,8-16H2,1H3. The highest BCUT2D eigenvalue weighted by Crippen LogP contribution is 2.60. The first-order chi connectivity index (χ1) is 15.1. The number of rotatable bonds is 4. The third-order valence-corrected chi connectivity index (χ3v) is 8.62. The van der Waals surface area contributed by atoms with Crippen molar-refractivity contribution in [1.29, 1.82) is 0 Å². The molecule has 1 aromatic carbocycles. The van der Waals surface area contributed by atoms with Gasteiger partial charge < -0.3 is 9.42 Å². The van der Waals surface area contributed by atoms with Crippen molar-refractivity contribution in [3.05, 3.63) is 35.7 Å². The molecule has 5 nitrogen and oxygen atoms in total. The van der Waals surface area contributed by atoms with Crippen LogP contribution in [0.3, 0.4) is 0 Å². The molecule has 5 fully saturated rings. The number of benzene rings is 1. The molecular weight excluding hydrogens is 386 g/mol. The van der Waals surface area contributed by atoms with Gasteiger partial charge in [-0.15, -0.1) is 0 Å². The van der Waals surface area contributed by atoms with E-state index in [4.69, 9.17) is 4.52 Å². The van der Waals surface area contributed by atoms with Crippen LogP contribution >= 0.6 is 0 Å². The van der Waals surface area contributed by atoms with Crippen molar-refractivity contribution in [3.8, 4) is 11.4 Å². The molecule has 0 spiro atoms. The van der Waals surface area contributed by atoms with Crippen molar-refractivity contribution in [2.45, 2.75) is 64.7 Å². The zero-order chi connectivity index (χ0) is 21.0. The first-order valence-electron chi connectivity index (χ1n) is 12.3. The van der Waals surface area contributed by atoms with Crippen molar-refractivity contribution >= 4 is 5.91 Å². The van der Waals surface area contributed by atoms with Crippen LogP contribution in [0.1, 0.15) is 62.8 Å². The summed E-state index contributed by atoms with van der Waals surface area (Å²) >= 11 is 0. The van der Waals surface area contributed by atoms with Gasteiger partial charge in [-0.05, 0) is 87.5 Å². The minimum absolute atomic E-state index is 0.0286. The smallest absolute Gasteiger partial charge is 0.228 e. The summed E-state index contributed by atoms with van der Waals surface area (Å²) < 4.78 is 5.61. The number of hydrogen-bond acceptors (Lipinski definition) is 4. The largest absolute Gasteiger partial charge is 0.342 e. The Bertz CT molecular complexity index is 945. The summed E-state index contributed by atoms with van der Waals surface area (Å²) in [7, 11) is 0. The van der Waals surface area contributed by atoms with Gasteiger partial charge in [0.25, 0.3) is 0 Å². The number of nitrogens with zero attached hydrogens (tertiary/aromatic N) is 3. The highest BCUT2D eigenvalue weighted by atomic mass is 16.5. The van der Waals surface area contributed by atoms with E-state index in [0.717, 1.165) is 80.5 Å². The number of hydrogen-bond donors (Lipinski definition) is 0. The second-order valence-electron chi connectivity index (χ2n) is 11.0. The van der Waals surface area contributed by atoms with E-state index in [-0.39, 0.29) is 5.41 Å². The number of aromatic nitrogens is 2. The number of piperidine rings is 1. The lowest BCUT2D eigenvalue weighted by Crippen LogP contribution is -2.56. The SMILES string of the molecule is Cc1ccccc1-c1noc(CC2CCCN(C(=O)C34CC5CC(CC(C5)C3)C4)C2)n1. The van der Waals surface area contributed by atoms with Crippen molar-refractivity contribution in [2.24, 2.45) is 29.1 Å². The molecule has 7 rings (SSSR count). The maximum atomic E-state index is 13.8. The normalized spacial score (nSPS) is 34.3. The van der Waals surface area contributed by atoms with Crippen LogP contribution in [-0.4, -0.2) is 34.0 Å². The van der Waals surface area contributed by atoms with E-state index in [9.17, 15) is 4.79 Å². The van der Waals surface area contributed by atoms with Crippen LogP contribution in [-0.2, 0) is 11.2 Å². The molecule has 1 aromatic heterocycles. The van der Waals surface area contributed by atoms with Gasteiger partial charge in [0.2, 0.25) is 17.6 Å². The first-order valence-corrected chi connectivity index (χ1v) is 12.3. The predicted molar refractivity (Wildman–Crippen MR) is 118 cm³/mol. The van der Waals surface area contributed by atoms with Gasteiger partial charge in [-0.1, -0.05) is 29.4 Å². The lowest BCUT2D eigenvalue weighted by Gasteiger charge is -2.57. The summed E-state index contributed by atoms with van der Waals surface area (Å²) in [5.41, 5.74) is 2.15. The van der Waals surface area contributed by atoms with Crippen LogP contribution < -0.4 is 0 Å². The second-order valence-corrected chi connectivity index (χ2v) is 11.0. The first kappa shape index (κ1) is 19.5. The average molecular weight is 420 g/mol. The predicted octanol–water partition coefficient (Wildman–Crippen LogP) is 5.04. The van der Waals surface area contributed by atoms with Gasteiger partial charge in [0, 0.05) is 25.1 Å². The van der Waals surface area contributed by atoms with Crippen LogP contribution in [0.4, 0.5) is 0 Å². The Kier molecular flexibility index (Phi) is 4.69. The van der Waals surface area contributed by atoms with E-state index in [0.29, 0.717) is 23.5 Å². The number of likely N-dealkylation sites (tertiary alicyclic amines) is 1. The highest BCUT2D eigenvalue weighted by molar-refractivity contribution is 5.83. The fraction of sp³-hybridized carbons (Fsp3) is 0.654. The molecule has 2 aromatic rings. The molecule has 1 unspecified atom stereocenters. The van der Waals surface area contributed by atoms with Gasteiger partial charge in [-0.25, -0.2) is 0 Å². The second kappa shape index (κ2) is 7.46. The minimum Gasteiger partial charge on any atom is -0.342 e. The maximum absolute atomic E-state index is 13.8. The topological polar surface area (TPSA) is 59.2 Å². The molecule has 1 amide bonds. The van der Waals surface area contributed by atoms with E-state index in [1.165, 1.54) is 19.3 Å². The van der Waals surface area contributed by atoms with Crippen molar-refractivity contribution in [3.63, 3.8) is 0 Å². The van der Waals surface area contributed by atoms with E-state index in [1.54, 1.807) is 0 Å². The van der Waals surface area contributed by atoms with Crippen molar-refractivity contribution in [2.75, 3.05) is 13.1 Å². The molecule has 31 heavy (non-hydrogen) atoms. The van der Waals surface area contributed by atoms with Crippen LogP contribution in [0.2, 0.25) is 0 Å². The van der Waals surface area contributed by atoms with Crippen LogP contribution in [0.5, 0.6) is 0 Å². The third-order valence-electron chi connectivity index (χ3n) is 8.62. The Morgan fingerprint density at radius 2 is 1.84 bits per heavy atom. The molecular formula is C26H33N3O2. The van der Waals surface area contributed by atoms with Crippen LogP contribution in [0.25, 0.3) is 11.4 Å². The number of amides is 1. The summed E-state index contributed by atoms with van der Waals surface area (Å²) in [6, 6.07) is 8.14. The molecule has 1 saturated heterocycles. The lowest BCUT2D eigenvalue weighted by molar-refractivity contribution is -0.159. The van der Waals surface area contributed by atoms with Gasteiger partial charge in [-0.2, -0.15) is 4.98 Å². The van der Waals surface area contributed by atoms with Gasteiger partial charge in [0.05, 0.1) is 5.41 Å². The fourth-order valence-electron chi connectivity index (χ4n) is 7.64. The maximum Gasteiger partial charge on any atom is 0.228 e. The third kappa shape index (κ3) is 3.50. The molecule has 2 heterocycles. The van der Waals surface area contributed by atoms with Gasteiger partial charge in [0.1, 0.15) is 0 Å². The van der Waals surface area contributed by atoms with Crippen LogP contribution in [0.15, 0.2) is 28.8 Å².